The Morgan fingerprint density at radius 2 is 1.58 bits per heavy atom. The summed E-state index contributed by atoms with van der Waals surface area (Å²) in [4.78, 5) is 29.4. The van der Waals surface area contributed by atoms with Crippen LogP contribution < -0.4 is 11.1 Å². The number of carbonyl (C=O) groups excluding carboxylic acids is 1. The minimum atomic E-state index is -4.47. The molecule has 13 heteroatoms. The van der Waals surface area contributed by atoms with Crippen molar-refractivity contribution in [3.63, 3.8) is 0 Å². The molecule has 0 saturated carbocycles. The molecule has 1 aromatic heterocycles. The monoisotopic (exact) mass is 534 g/mol. The molecular weight excluding hydrogens is 509 g/mol. The van der Waals surface area contributed by atoms with E-state index >= 15 is 0 Å². The maximum Gasteiger partial charge on any atom is 0.434 e. The van der Waals surface area contributed by atoms with E-state index < -0.39 is 36.2 Å². The number of aromatic nitrogens is 2. The fourth-order valence-electron chi connectivity index (χ4n) is 3.47. The topological polar surface area (TPSA) is 168 Å². The van der Waals surface area contributed by atoms with E-state index in [0.29, 0.717) is 24.8 Å². The second-order valence-corrected chi connectivity index (χ2v) is 8.25. The largest absolute Gasteiger partial charge is 0.478 e. The summed E-state index contributed by atoms with van der Waals surface area (Å²) in [6, 6.07) is 13.4. The number of carboxylic acid groups (broad SMARTS) is 1. The average molecular weight is 534 g/mol. The molecule has 38 heavy (non-hydrogen) atoms. The van der Waals surface area contributed by atoms with E-state index in [2.05, 4.69) is 15.3 Å². The second-order valence-electron chi connectivity index (χ2n) is 8.25. The van der Waals surface area contributed by atoms with Gasteiger partial charge in [-0.15, -0.1) is 0 Å². The summed E-state index contributed by atoms with van der Waals surface area (Å²) in [5, 5.41) is 31.2. The maximum absolute atomic E-state index is 12.3. The van der Waals surface area contributed by atoms with Crippen LogP contribution in [-0.2, 0) is 10.9 Å². The van der Waals surface area contributed by atoms with E-state index in [1.54, 1.807) is 36.4 Å². The lowest BCUT2D eigenvalue weighted by Crippen LogP contribution is -2.49. The third-order valence-electron chi connectivity index (χ3n) is 5.54. The Bertz CT molecular complexity index is 1240. The van der Waals surface area contributed by atoms with Crippen LogP contribution in [0.1, 0.15) is 32.8 Å². The molecule has 1 saturated heterocycles. The van der Waals surface area contributed by atoms with Crippen LogP contribution in [0.15, 0.2) is 60.9 Å². The molecule has 3 aromatic rings. The highest BCUT2D eigenvalue weighted by Gasteiger charge is 2.33. The van der Waals surface area contributed by atoms with Crippen LogP contribution in [0.4, 0.5) is 19.0 Å². The van der Waals surface area contributed by atoms with Crippen molar-refractivity contribution in [2.45, 2.75) is 30.9 Å². The van der Waals surface area contributed by atoms with Crippen LogP contribution in [-0.4, -0.2) is 68.6 Å². The minimum Gasteiger partial charge on any atom is -0.478 e. The highest BCUT2D eigenvalue weighted by atomic mass is 19.4. The predicted molar refractivity (Wildman–Crippen MR) is 129 cm³/mol. The number of amides is 1. The number of aliphatic hydroxyl groups excluding tert-OH is 2. The Labute approximate surface area is 214 Å². The van der Waals surface area contributed by atoms with Gasteiger partial charge in [0.15, 0.2) is 5.69 Å². The molecule has 1 aliphatic heterocycles. The van der Waals surface area contributed by atoms with Crippen molar-refractivity contribution in [3.05, 3.63) is 77.7 Å². The quantitative estimate of drug-likeness (QED) is 0.330. The molecule has 1 amide bonds. The lowest BCUT2D eigenvalue weighted by molar-refractivity contribution is -0.141. The number of hydrogen-bond acceptors (Lipinski definition) is 8. The number of nitrogens with zero attached hydrogens (tertiary/aromatic N) is 2. The smallest absolute Gasteiger partial charge is 0.434 e. The summed E-state index contributed by atoms with van der Waals surface area (Å²) in [7, 11) is 0. The zero-order chi connectivity index (χ0) is 27.9. The zero-order valence-electron chi connectivity index (χ0n) is 19.8. The van der Waals surface area contributed by atoms with Gasteiger partial charge in [-0.05, 0) is 41.8 Å². The van der Waals surface area contributed by atoms with E-state index in [4.69, 9.17) is 15.6 Å². The summed E-state index contributed by atoms with van der Waals surface area (Å²) < 4.78 is 40.8. The normalized spacial score (nSPS) is 19.1. The van der Waals surface area contributed by atoms with E-state index in [9.17, 15) is 33.0 Å². The van der Waals surface area contributed by atoms with Gasteiger partial charge in [-0.25, -0.2) is 9.78 Å². The Hall–Kier alpha value is -4.07. The molecule has 6 N–H and O–H groups in total. The van der Waals surface area contributed by atoms with E-state index in [1.165, 1.54) is 12.1 Å². The van der Waals surface area contributed by atoms with Gasteiger partial charge in [-0.2, -0.15) is 13.2 Å². The Balaban J connectivity index is 0.000000304. The number of anilines is 1. The van der Waals surface area contributed by atoms with E-state index in [-0.39, 0.29) is 23.8 Å². The number of carboxylic acids is 1. The van der Waals surface area contributed by atoms with Crippen LogP contribution >= 0.6 is 0 Å². The van der Waals surface area contributed by atoms with Crippen LogP contribution in [0.2, 0.25) is 0 Å². The van der Waals surface area contributed by atoms with Gasteiger partial charge in [0.25, 0.3) is 5.91 Å². The van der Waals surface area contributed by atoms with E-state index in [0.717, 1.165) is 17.3 Å². The van der Waals surface area contributed by atoms with Crippen molar-refractivity contribution in [1.82, 2.24) is 15.3 Å². The molecule has 0 aliphatic carbocycles. The summed E-state index contributed by atoms with van der Waals surface area (Å²) >= 11 is 0. The molecule has 2 heterocycles. The first-order valence-corrected chi connectivity index (χ1v) is 11.3. The number of aliphatic hydroxyl groups is 2. The van der Waals surface area contributed by atoms with Gasteiger partial charge >= 0.3 is 12.1 Å². The maximum atomic E-state index is 12.3. The van der Waals surface area contributed by atoms with Crippen LogP contribution in [0.3, 0.4) is 0 Å². The molecule has 2 aromatic carbocycles. The number of halogens is 3. The van der Waals surface area contributed by atoms with Crippen LogP contribution in [0, 0.1) is 0 Å². The van der Waals surface area contributed by atoms with Gasteiger partial charge in [0.2, 0.25) is 0 Å². The number of hydrogen-bond donors (Lipinski definition) is 5. The Morgan fingerprint density at radius 1 is 1.00 bits per heavy atom. The lowest BCUT2D eigenvalue weighted by Gasteiger charge is -2.32. The fourth-order valence-corrected chi connectivity index (χ4v) is 3.47. The average Bonchev–Trinajstić information content (AvgIpc) is 2.89. The molecule has 3 atom stereocenters. The molecule has 1 aliphatic rings. The van der Waals surface area contributed by atoms with Crippen molar-refractivity contribution < 1.29 is 42.8 Å². The van der Waals surface area contributed by atoms with E-state index in [1.807, 2.05) is 0 Å². The molecule has 3 unspecified atom stereocenters. The number of nitrogens with two attached hydrogens (primary N) is 1. The van der Waals surface area contributed by atoms with Crippen LogP contribution in [0.5, 0.6) is 0 Å². The van der Waals surface area contributed by atoms with Crippen molar-refractivity contribution in [2.24, 2.45) is 0 Å². The van der Waals surface area contributed by atoms with Crippen LogP contribution in [0.25, 0.3) is 11.1 Å². The third kappa shape index (κ3) is 7.71. The molecule has 0 bridgehead atoms. The summed E-state index contributed by atoms with van der Waals surface area (Å²) in [5.74, 6) is -1.52. The van der Waals surface area contributed by atoms with Crippen molar-refractivity contribution in [1.29, 1.82) is 0 Å². The number of rotatable bonds is 5. The highest BCUT2D eigenvalue weighted by Crippen LogP contribution is 2.27. The fraction of sp³-hybridized carbons (Fsp3) is 0.280. The standard InChI is InChI=1S/C20H21NO6.C5H4F3N3/c22-16-9-10-27-17(18(16)23)11-21-19(24)14-5-1-12(2-6-14)13-3-7-15(8-4-13)20(25)26;6-5(7,8)3-1-10-2-4(9)11-3/h1-8,16-18,22-23H,9-11H2,(H,21,24)(H,25,26);1-2H,(H2,9,11). The summed E-state index contributed by atoms with van der Waals surface area (Å²) in [6.45, 7) is 0.448. The van der Waals surface area contributed by atoms with Gasteiger partial charge in [-0.1, -0.05) is 24.3 Å². The third-order valence-corrected chi connectivity index (χ3v) is 5.54. The predicted octanol–water partition coefficient (Wildman–Crippen LogP) is 2.37. The number of benzene rings is 2. The van der Waals surface area contributed by atoms with Gasteiger partial charge in [0.05, 0.1) is 24.1 Å². The lowest BCUT2D eigenvalue weighted by atomic mass is 10.0. The molecule has 1 fully saturated rings. The Kier molecular flexibility index (Phi) is 9.34. The number of carbonyl (C=O) groups is 2. The minimum absolute atomic E-state index is 0.107. The number of ether oxygens (including phenoxy) is 1. The van der Waals surface area contributed by atoms with Crippen molar-refractivity contribution in [2.75, 3.05) is 18.9 Å². The molecule has 4 rings (SSSR count). The molecule has 202 valence electrons. The first kappa shape index (κ1) is 28.5. The molecule has 0 spiro atoms. The molecule has 10 nitrogen and oxygen atoms in total. The summed E-state index contributed by atoms with van der Waals surface area (Å²) in [5.41, 5.74) is 6.28. The Morgan fingerprint density at radius 3 is 2.08 bits per heavy atom. The van der Waals surface area contributed by atoms with Gasteiger partial charge in [0, 0.05) is 18.7 Å². The first-order chi connectivity index (χ1) is 18.0. The number of nitrogen functional groups attached to an aromatic ring is 1. The van der Waals surface area contributed by atoms with Crippen molar-refractivity contribution in [3.8, 4) is 11.1 Å². The van der Waals surface area contributed by atoms with Gasteiger partial charge < -0.3 is 31.1 Å². The summed E-state index contributed by atoms with van der Waals surface area (Å²) in [6.07, 6.45) is -4.92. The number of aromatic carboxylic acids is 1. The van der Waals surface area contributed by atoms with Gasteiger partial charge in [0.1, 0.15) is 18.0 Å². The number of nitrogens with one attached hydrogen (secondary N) is 1. The highest BCUT2D eigenvalue weighted by molar-refractivity contribution is 5.94. The molecule has 0 radical (unpaired) electrons. The SMILES string of the molecule is Nc1cncc(C(F)(F)F)n1.O=C(O)c1ccc(-c2ccc(C(=O)NCC3OCCC(O)C3O)cc2)cc1. The van der Waals surface area contributed by atoms with Crippen molar-refractivity contribution >= 4 is 17.7 Å². The second kappa shape index (κ2) is 12.4. The number of alkyl halides is 3. The molecular formula is C25H25F3N4O6. The van der Waals surface area contributed by atoms with Gasteiger partial charge in [-0.3, -0.25) is 9.78 Å². The first-order valence-electron chi connectivity index (χ1n) is 11.3. The zero-order valence-corrected chi connectivity index (χ0v) is 19.8.